The van der Waals surface area contributed by atoms with Crippen LogP contribution in [0.15, 0.2) is 24.3 Å². The normalized spacial score (nSPS) is 14.8. The molecule has 0 bridgehead atoms. The van der Waals surface area contributed by atoms with Gasteiger partial charge >= 0.3 is 0 Å². The van der Waals surface area contributed by atoms with Crippen molar-refractivity contribution in [1.82, 2.24) is 0 Å². The Morgan fingerprint density at radius 2 is 2.25 bits per heavy atom. The van der Waals surface area contributed by atoms with Crippen LogP contribution in [0.25, 0.3) is 0 Å². The highest BCUT2D eigenvalue weighted by molar-refractivity contribution is 5.29. The van der Waals surface area contributed by atoms with Crippen LogP contribution in [0.1, 0.15) is 12.5 Å². The van der Waals surface area contributed by atoms with Gasteiger partial charge < -0.3 is 5.11 Å². The first kappa shape index (κ1) is 8.76. The zero-order chi connectivity index (χ0) is 9.19. The van der Waals surface area contributed by atoms with Crippen molar-refractivity contribution in [1.29, 1.82) is 0 Å². The quantitative estimate of drug-likeness (QED) is 0.626. The Hall–Kier alpha value is -1.33. The minimum atomic E-state index is -1.39. The molecule has 1 atom stereocenters. The van der Waals surface area contributed by atoms with Gasteiger partial charge in [-0.3, -0.25) is 0 Å². The largest absolute Gasteiger partial charge is 0.374 e. The first-order chi connectivity index (χ1) is 5.56. The SMILES string of the molecule is C#C[C@@](C)(O)c1cccc(F)c1. The zero-order valence-corrected chi connectivity index (χ0v) is 6.71. The Morgan fingerprint density at radius 3 is 2.75 bits per heavy atom. The Labute approximate surface area is 70.9 Å². The van der Waals surface area contributed by atoms with Gasteiger partial charge in [0.05, 0.1) is 0 Å². The number of hydrogen-bond acceptors (Lipinski definition) is 1. The molecule has 1 aromatic rings. The highest BCUT2D eigenvalue weighted by Gasteiger charge is 2.19. The predicted molar refractivity (Wildman–Crippen MR) is 44.8 cm³/mol. The maximum atomic E-state index is 12.7. The molecule has 0 aliphatic rings. The van der Waals surface area contributed by atoms with E-state index < -0.39 is 11.4 Å². The lowest BCUT2D eigenvalue weighted by Gasteiger charge is -2.16. The molecule has 0 heterocycles. The molecule has 1 rings (SSSR count). The Balaban J connectivity index is 3.14. The van der Waals surface area contributed by atoms with Gasteiger partial charge in [-0.25, -0.2) is 4.39 Å². The highest BCUT2D eigenvalue weighted by Crippen LogP contribution is 2.19. The lowest BCUT2D eigenvalue weighted by Crippen LogP contribution is -2.17. The molecular weight excluding hydrogens is 155 g/mol. The van der Waals surface area contributed by atoms with E-state index in [9.17, 15) is 9.50 Å². The minimum absolute atomic E-state index is 0.394. The van der Waals surface area contributed by atoms with Gasteiger partial charge in [0.15, 0.2) is 0 Å². The first-order valence-corrected chi connectivity index (χ1v) is 3.52. The van der Waals surface area contributed by atoms with E-state index >= 15 is 0 Å². The molecule has 0 aliphatic heterocycles. The molecule has 0 fully saturated rings. The Bertz CT molecular complexity index is 323. The number of halogens is 1. The highest BCUT2D eigenvalue weighted by atomic mass is 19.1. The molecule has 0 spiro atoms. The lowest BCUT2D eigenvalue weighted by molar-refractivity contribution is 0.122. The van der Waals surface area contributed by atoms with Crippen molar-refractivity contribution in [2.75, 3.05) is 0 Å². The maximum Gasteiger partial charge on any atom is 0.148 e. The van der Waals surface area contributed by atoms with Crippen molar-refractivity contribution in [2.24, 2.45) is 0 Å². The third kappa shape index (κ3) is 1.63. The molecule has 1 nitrogen and oxygen atoms in total. The van der Waals surface area contributed by atoms with Crippen molar-refractivity contribution in [3.05, 3.63) is 35.6 Å². The molecule has 0 aliphatic carbocycles. The van der Waals surface area contributed by atoms with E-state index in [0.717, 1.165) is 0 Å². The Kier molecular flexibility index (Phi) is 2.16. The summed E-state index contributed by atoms with van der Waals surface area (Å²) in [5, 5.41) is 9.52. The minimum Gasteiger partial charge on any atom is -0.374 e. The summed E-state index contributed by atoms with van der Waals surface area (Å²) in [6.07, 6.45) is 5.07. The summed E-state index contributed by atoms with van der Waals surface area (Å²) in [5.74, 6) is 1.77. The summed E-state index contributed by atoms with van der Waals surface area (Å²) < 4.78 is 12.7. The van der Waals surface area contributed by atoms with Gasteiger partial charge in [-0.15, -0.1) is 6.42 Å². The second-order valence-electron chi connectivity index (χ2n) is 2.73. The van der Waals surface area contributed by atoms with Crippen LogP contribution in [0.4, 0.5) is 4.39 Å². The number of hydrogen-bond donors (Lipinski definition) is 1. The molecule has 0 aromatic heterocycles. The topological polar surface area (TPSA) is 20.2 Å². The van der Waals surface area contributed by atoms with Crippen molar-refractivity contribution in [3.63, 3.8) is 0 Å². The van der Waals surface area contributed by atoms with E-state index in [1.807, 2.05) is 0 Å². The number of rotatable bonds is 1. The van der Waals surface area contributed by atoms with E-state index in [1.54, 1.807) is 6.07 Å². The number of benzene rings is 1. The molecule has 0 radical (unpaired) electrons. The van der Waals surface area contributed by atoms with Crippen LogP contribution < -0.4 is 0 Å². The van der Waals surface area contributed by atoms with Crippen molar-refractivity contribution < 1.29 is 9.50 Å². The van der Waals surface area contributed by atoms with Crippen LogP contribution in [0.5, 0.6) is 0 Å². The van der Waals surface area contributed by atoms with Gasteiger partial charge in [-0.1, -0.05) is 18.1 Å². The van der Waals surface area contributed by atoms with E-state index in [2.05, 4.69) is 5.92 Å². The van der Waals surface area contributed by atoms with Gasteiger partial charge in [0, 0.05) is 0 Å². The van der Waals surface area contributed by atoms with E-state index in [0.29, 0.717) is 5.56 Å². The smallest absolute Gasteiger partial charge is 0.148 e. The van der Waals surface area contributed by atoms with Crippen molar-refractivity contribution in [3.8, 4) is 12.3 Å². The van der Waals surface area contributed by atoms with Gasteiger partial charge in [0.1, 0.15) is 11.4 Å². The van der Waals surface area contributed by atoms with Crippen LogP contribution >= 0.6 is 0 Å². The summed E-state index contributed by atoms with van der Waals surface area (Å²) in [4.78, 5) is 0. The van der Waals surface area contributed by atoms with Gasteiger partial charge in [0.25, 0.3) is 0 Å². The standard InChI is InChI=1S/C10H9FO/c1-3-10(2,12)8-5-4-6-9(11)7-8/h1,4-7,12H,2H3/t10-/m1/s1. The molecule has 0 unspecified atom stereocenters. The van der Waals surface area contributed by atoms with Crippen LogP contribution in [0.2, 0.25) is 0 Å². The second kappa shape index (κ2) is 2.96. The summed E-state index contributed by atoms with van der Waals surface area (Å²) in [6.45, 7) is 1.45. The van der Waals surface area contributed by atoms with Gasteiger partial charge in [-0.2, -0.15) is 0 Å². The molecule has 1 N–H and O–H groups in total. The molecular formula is C10H9FO. The molecule has 0 amide bonds. The molecule has 12 heavy (non-hydrogen) atoms. The third-order valence-corrected chi connectivity index (χ3v) is 1.67. The third-order valence-electron chi connectivity index (χ3n) is 1.67. The molecule has 0 saturated carbocycles. The van der Waals surface area contributed by atoms with E-state index in [4.69, 9.17) is 6.42 Å². The van der Waals surface area contributed by atoms with Crippen LogP contribution in [0.3, 0.4) is 0 Å². The van der Waals surface area contributed by atoms with E-state index in [-0.39, 0.29) is 0 Å². The Morgan fingerprint density at radius 1 is 1.58 bits per heavy atom. The lowest BCUT2D eigenvalue weighted by atomic mass is 9.97. The fraction of sp³-hybridized carbons (Fsp3) is 0.200. The molecule has 2 heteroatoms. The van der Waals surface area contributed by atoms with Crippen molar-refractivity contribution in [2.45, 2.75) is 12.5 Å². The average molecular weight is 164 g/mol. The maximum absolute atomic E-state index is 12.7. The predicted octanol–water partition coefficient (Wildman–Crippen LogP) is 1.67. The molecule has 62 valence electrons. The molecule has 0 saturated heterocycles. The zero-order valence-electron chi connectivity index (χ0n) is 6.71. The monoisotopic (exact) mass is 164 g/mol. The second-order valence-corrected chi connectivity index (χ2v) is 2.73. The van der Waals surface area contributed by atoms with E-state index in [1.165, 1.54) is 25.1 Å². The molecule has 1 aromatic carbocycles. The van der Waals surface area contributed by atoms with Crippen molar-refractivity contribution >= 4 is 0 Å². The number of aliphatic hydroxyl groups is 1. The van der Waals surface area contributed by atoms with Crippen LogP contribution in [0, 0.1) is 18.2 Å². The fourth-order valence-electron chi connectivity index (χ4n) is 0.875. The average Bonchev–Trinajstić information content (AvgIpc) is 2.05. The number of terminal acetylenes is 1. The summed E-state index contributed by atoms with van der Waals surface area (Å²) in [5.41, 5.74) is -0.993. The van der Waals surface area contributed by atoms with Gasteiger partial charge in [0.2, 0.25) is 0 Å². The van der Waals surface area contributed by atoms with Crippen LogP contribution in [-0.4, -0.2) is 5.11 Å². The fourth-order valence-corrected chi connectivity index (χ4v) is 0.875. The first-order valence-electron chi connectivity index (χ1n) is 3.52. The van der Waals surface area contributed by atoms with Crippen LogP contribution in [-0.2, 0) is 5.60 Å². The van der Waals surface area contributed by atoms with Gasteiger partial charge in [-0.05, 0) is 24.6 Å². The summed E-state index contributed by atoms with van der Waals surface area (Å²) in [6, 6.07) is 5.62. The summed E-state index contributed by atoms with van der Waals surface area (Å²) >= 11 is 0. The summed E-state index contributed by atoms with van der Waals surface area (Å²) in [7, 11) is 0.